The third-order valence-electron chi connectivity index (χ3n) is 6.82. The number of anilines is 1. The first-order chi connectivity index (χ1) is 17.7. The number of aromatic nitrogens is 6. The number of pyridine rings is 3. The Morgan fingerprint density at radius 2 is 1.89 bits per heavy atom. The standard InChI is InChI=1S/C27H21N7OS/c35-27(15-3-1-4-15)31-18-7-16(10-28-12-18)17-8-20-25(33-34-26(20)30-11-17)22-9-19-21(24-5-2-6-36-24)13-29-14-23(19)32-22/h2,5-15,32H,1,3-4H2,(H,31,35)(H,30,33,34). The fourth-order valence-electron chi connectivity index (χ4n) is 4.65. The SMILES string of the molecule is O=C(Nc1cncc(-c2cnc3[nH]nc(-c4cc5c(-c6cccs6)cncc5[nH]4)c3c2)c1)C1CCC1. The molecule has 1 amide bonds. The largest absolute Gasteiger partial charge is 0.352 e. The molecule has 3 N–H and O–H groups in total. The minimum absolute atomic E-state index is 0.0705. The zero-order chi connectivity index (χ0) is 24.1. The second kappa shape index (κ2) is 8.39. The van der Waals surface area contributed by atoms with E-state index in [-0.39, 0.29) is 11.8 Å². The van der Waals surface area contributed by atoms with E-state index in [2.05, 4.69) is 59.0 Å². The van der Waals surface area contributed by atoms with Gasteiger partial charge in [0.25, 0.3) is 0 Å². The highest BCUT2D eigenvalue weighted by Crippen LogP contribution is 2.36. The predicted octanol–water partition coefficient (Wildman–Crippen LogP) is 6.03. The van der Waals surface area contributed by atoms with Crippen molar-refractivity contribution in [2.24, 2.45) is 5.92 Å². The lowest BCUT2D eigenvalue weighted by Crippen LogP contribution is -2.28. The van der Waals surface area contributed by atoms with Crippen LogP contribution in [0.4, 0.5) is 5.69 Å². The molecule has 36 heavy (non-hydrogen) atoms. The highest BCUT2D eigenvalue weighted by atomic mass is 32.1. The van der Waals surface area contributed by atoms with E-state index in [1.807, 2.05) is 24.5 Å². The number of thiophene rings is 1. The first kappa shape index (κ1) is 21.0. The molecule has 0 atom stereocenters. The lowest BCUT2D eigenvalue weighted by molar-refractivity contribution is -0.122. The van der Waals surface area contributed by atoms with E-state index >= 15 is 0 Å². The fraction of sp³-hybridized carbons (Fsp3) is 0.148. The van der Waals surface area contributed by atoms with E-state index in [1.54, 1.807) is 29.9 Å². The minimum Gasteiger partial charge on any atom is -0.352 e. The van der Waals surface area contributed by atoms with E-state index in [0.717, 1.165) is 63.6 Å². The Hall–Kier alpha value is -4.37. The van der Waals surface area contributed by atoms with Gasteiger partial charge in [-0.15, -0.1) is 11.3 Å². The molecule has 0 aliphatic heterocycles. The molecule has 7 rings (SSSR count). The number of nitrogens with one attached hydrogen (secondary N) is 3. The van der Waals surface area contributed by atoms with Gasteiger partial charge >= 0.3 is 0 Å². The summed E-state index contributed by atoms with van der Waals surface area (Å²) in [7, 11) is 0. The van der Waals surface area contributed by atoms with Crippen molar-refractivity contribution in [2.75, 3.05) is 5.32 Å². The molecule has 0 aromatic carbocycles. The molecular formula is C27H21N7OS. The van der Waals surface area contributed by atoms with Crippen molar-refractivity contribution >= 4 is 44.9 Å². The molecule has 1 aliphatic carbocycles. The quantitative estimate of drug-likeness (QED) is 0.273. The summed E-state index contributed by atoms with van der Waals surface area (Å²) in [6.07, 6.45) is 12.0. The number of hydrogen-bond acceptors (Lipinski definition) is 6. The van der Waals surface area contributed by atoms with E-state index < -0.39 is 0 Å². The third-order valence-corrected chi connectivity index (χ3v) is 7.72. The number of carbonyl (C=O) groups is 1. The van der Waals surface area contributed by atoms with Crippen LogP contribution in [0.3, 0.4) is 0 Å². The van der Waals surface area contributed by atoms with Crippen LogP contribution in [-0.2, 0) is 4.79 Å². The molecule has 6 aromatic rings. The maximum absolute atomic E-state index is 12.4. The van der Waals surface area contributed by atoms with E-state index in [1.165, 1.54) is 4.88 Å². The normalized spacial score (nSPS) is 13.8. The zero-order valence-corrected chi connectivity index (χ0v) is 20.0. The summed E-state index contributed by atoms with van der Waals surface area (Å²) in [5.74, 6) is 0.188. The van der Waals surface area contributed by atoms with Crippen LogP contribution in [0.5, 0.6) is 0 Å². The molecule has 0 spiro atoms. The van der Waals surface area contributed by atoms with E-state index in [4.69, 9.17) is 0 Å². The molecule has 0 unspecified atom stereocenters. The van der Waals surface area contributed by atoms with Crippen molar-refractivity contribution in [3.05, 3.63) is 66.7 Å². The van der Waals surface area contributed by atoms with Gasteiger partial charge in [-0.1, -0.05) is 12.5 Å². The monoisotopic (exact) mass is 491 g/mol. The van der Waals surface area contributed by atoms with Crippen LogP contribution in [0.25, 0.3) is 54.9 Å². The minimum atomic E-state index is 0.0705. The molecule has 8 nitrogen and oxygen atoms in total. The van der Waals surface area contributed by atoms with Crippen LogP contribution >= 0.6 is 11.3 Å². The van der Waals surface area contributed by atoms with Gasteiger partial charge in [0.1, 0.15) is 5.69 Å². The van der Waals surface area contributed by atoms with Gasteiger partial charge in [0.15, 0.2) is 5.65 Å². The molecule has 0 radical (unpaired) electrons. The molecule has 1 saturated carbocycles. The molecule has 0 saturated heterocycles. The van der Waals surface area contributed by atoms with Crippen molar-refractivity contribution in [1.82, 2.24) is 30.1 Å². The number of rotatable bonds is 5. The van der Waals surface area contributed by atoms with Crippen LogP contribution < -0.4 is 5.32 Å². The molecule has 1 fully saturated rings. The van der Waals surface area contributed by atoms with E-state index in [0.29, 0.717) is 11.3 Å². The lowest BCUT2D eigenvalue weighted by Gasteiger charge is -2.24. The molecule has 1 aliphatic rings. The number of aromatic amines is 2. The van der Waals surface area contributed by atoms with Crippen LogP contribution in [0.2, 0.25) is 0 Å². The Labute approximate surface area is 209 Å². The van der Waals surface area contributed by atoms with Crippen molar-refractivity contribution in [3.63, 3.8) is 0 Å². The smallest absolute Gasteiger partial charge is 0.227 e. The second-order valence-corrected chi connectivity index (χ2v) is 10.0. The van der Waals surface area contributed by atoms with Crippen molar-refractivity contribution in [1.29, 1.82) is 0 Å². The van der Waals surface area contributed by atoms with Crippen molar-refractivity contribution in [2.45, 2.75) is 19.3 Å². The van der Waals surface area contributed by atoms with Crippen molar-refractivity contribution < 1.29 is 4.79 Å². The Kier molecular flexibility index (Phi) is 4.88. The van der Waals surface area contributed by atoms with Crippen molar-refractivity contribution in [3.8, 4) is 33.0 Å². The summed E-state index contributed by atoms with van der Waals surface area (Å²) < 4.78 is 0. The van der Waals surface area contributed by atoms with Crippen LogP contribution in [0, 0.1) is 5.92 Å². The van der Waals surface area contributed by atoms with Gasteiger partial charge in [-0.3, -0.25) is 19.9 Å². The fourth-order valence-corrected chi connectivity index (χ4v) is 5.40. The summed E-state index contributed by atoms with van der Waals surface area (Å²) in [4.78, 5) is 30.4. The maximum atomic E-state index is 12.4. The number of fused-ring (bicyclic) bond motifs is 2. The molecule has 6 heterocycles. The topological polar surface area (TPSA) is 112 Å². The van der Waals surface area contributed by atoms with Gasteiger partial charge in [-0.2, -0.15) is 5.10 Å². The Balaban J connectivity index is 1.26. The zero-order valence-electron chi connectivity index (χ0n) is 19.2. The van der Waals surface area contributed by atoms with Gasteiger partial charge in [0.2, 0.25) is 5.91 Å². The van der Waals surface area contributed by atoms with Gasteiger partial charge in [0, 0.05) is 56.8 Å². The Morgan fingerprint density at radius 3 is 2.72 bits per heavy atom. The summed E-state index contributed by atoms with van der Waals surface area (Å²) in [6, 6.07) is 10.3. The number of carbonyl (C=O) groups excluding carboxylic acids is 1. The number of hydrogen-bond donors (Lipinski definition) is 3. The Bertz CT molecular complexity index is 1730. The third kappa shape index (κ3) is 3.56. The van der Waals surface area contributed by atoms with Gasteiger partial charge in [-0.25, -0.2) is 4.98 Å². The molecule has 176 valence electrons. The molecule has 6 aromatic heterocycles. The summed E-state index contributed by atoms with van der Waals surface area (Å²) in [5.41, 5.74) is 6.90. The average Bonchev–Trinajstić information content (AvgIpc) is 3.61. The Morgan fingerprint density at radius 1 is 1.00 bits per heavy atom. The highest BCUT2D eigenvalue weighted by Gasteiger charge is 2.25. The van der Waals surface area contributed by atoms with Crippen LogP contribution in [0.15, 0.2) is 66.7 Å². The van der Waals surface area contributed by atoms with Crippen LogP contribution in [-0.4, -0.2) is 36.0 Å². The summed E-state index contributed by atoms with van der Waals surface area (Å²) >= 11 is 1.69. The molecule has 9 heteroatoms. The van der Waals surface area contributed by atoms with E-state index in [9.17, 15) is 4.79 Å². The number of H-pyrrole nitrogens is 2. The molecular weight excluding hydrogens is 470 g/mol. The summed E-state index contributed by atoms with van der Waals surface area (Å²) in [5, 5.41) is 14.7. The van der Waals surface area contributed by atoms with Gasteiger partial charge in [0.05, 0.1) is 29.3 Å². The second-order valence-electron chi connectivity index (χ2n) is 9.08. The first-order valence-electron chi connectivity index (χ1n) is 11.8. The maximum Gasteiger partial charge on any atom is 0.227 e. The highest BCUT2D eigenvalue weighted by molar-refractivity contribution is 7.13. The predicted molar refractivity (Wildman–Crippen MR) is 141 cm³/mol. The molecule has 0 bridgehead atoms. The lowest BCUT2D eigenvalue weighted by atomic mass is 9.85. The average molecular weight is 492 g/mol. The first-order valence-corrected chi connectivity index (χ1v) is 12.7. The van der Waals surface area contributed by atoms with Crippen LogP contribution in [0.1, 0.15) is 19.3 Å². The van der Waals surface area contributed by atoms with Gasteiger partial charge < -0.3 is 10.3 Å². The number of amides is 1. The summed E-state index contributed by atoms with van der Waals surface area (Å²) in [6.45, 7) is 0. The van der Waals surface area contributed by atoms with Gasteiger partial charge in [-0.05, 0) is 42.5 Å². The number of nitrogens with zero attached hydrogens (tertiary/aromatic N) is 4.